The van der Waals surface area contributed by atoms with E-state index in [-0.39, 0.29) is 29.7 Å². The van der Waals surface area contributed by atoms with Gasteiger partial charge in [-0.3, -0.25) is 4.99 Å². The van der Waals surface area contributed by atoms with Crippen molar-refractivity contribution >= 4 is 40.0 Å². The maximum atomic E-state index is 11.1. The molecule has 0 aromatic carbocycles. The first-order valence-corrected chi connectivity index (χ1v) is 7.53. The summed E-state index contributed by atoms with van der Waals surface area (Å²) in [6.07, 6.45) is 0.991. The lowest BCUT2D eigenvalue weighted by atomic mass is 10.1. The zero-order chi connectivity index (χ0) is 13.3. The van der Waals surface area contributed by atoms with Gasteiger partial charge in [-0.1, -0.05) is 13.8 Å². The van der Waals surface area contributed by atoms with Crippen LogP contribution in [0.4, 0.5) is 0 Å². The van der Waals surface area contributed by atoms with Crippen LogP contribution in [-0.4, -0.2) is 39.8 Å². The molecule has 0 rings (SSSR count). The first-order valence-electron chi connectivity index (χ1n) is 5.88. The lowest BCUT2D eigenvalue weighted by molar-refractivity contribution is 0.581. The second kappa shape index (κ2) is 10.8. The molecule has 18 heavy (non-hydrogen) atoms. The van der Waals surface area contributed by atoms with Crippen molar-refractivity contribution in [2.75, 3.05) is 25.4 Å². The maximum Gasteiger partial charge on any atom is 0.211 e. The molecule has 4 N–H and O–H groups in total. The highest BCUT2D eigenvalue weighted by Crippen LogP contribution is 1.97. The number of aliphatic imine (C=N–C) groups is 1. The Bertz CT molecular complexity index is 331. The van der Waals surface area contributed by atoms with Gasteiger partial charge in [0.1, 0.15) is 0 Å². The highest BCUT2D eigenvalue weighted by molar-refractivity contribution is 14.0. The fraction of sp³-hybridized carbons (Fsp3) is 0.900. The zero-order valence-electron chi connectivity index (χ0n) is 11.3. The number of nitrogens with one attached hydrogen (secondary N) is 2. The molecule has 0 amide bonds. The number of guanidine groups is 1. The fourth-order valence-corrected chi connectivity index (χ4v) is 1.62. The van der Waals surface area contributed by atoms with Gasteiger partial charge < -0.3 is 11.1 Å². The minimum absolute atomic E-state index is 0. The van der Waals surface area contributed by atoms with Crippen LogP contribution in [0.2, 0.25) is 0 Å². The van der Waals surface area contributed by atoms with Gasteiger partial charge in [-0.05, 0) is 19.3 Å². The molecule has 0 fully saturated rings. The number of hydrogen-bond donors (Lipinski definition) is 3. The number of nitrogens with two attached hydrogens (primary N) is 1. The van der Waals surface area contributed by atoms with E-state index in [1.165, 1.54) is 0 Å². The molecule has 0 saturated carbocycles. The summed E-state index contributed by atoms with van der Waals surface area (Å²) < 4.78 is 24.6. The molecule has 0 heterocycles. The van der Waals surface area contributed by atoms with Gasteiger partial charge in [-0.25, -0.2) is 13.1 Å². The Labute approximate surface area is 127 Å². The molecule has 0 spiro atoms. The smallest absolute Gasteiger partial charge is 0.211 e. The third-order valence-electron chi connectivity index (χ3n) is 2.12. The van der Waals surface area contributed by atoms with Crippen molar-refractivity contribution in [1.82, 2.24) is 10.0 Å². The third-order valence-corrected chi connectivity index (χ3v) is 3.53. The van der Waals surface area contributed by atoms with E-state index in [0.29, 0.717) is 31.5 Å². The summed E-state index contributed by atoms with van der Waals surface area (Å²) in [6.45, 7) is 7.29. The molecule has 0 aromatic rings. The van der Waals surface area contributed by atoms with Crippen molar-refractivity contribution in [1.29, 1.82) is 0 Å². The standard InChI is InChI=1S/C10H24N4O2S.HI/c1-4-17(15,16)14-8-7-13-10(11)12-6-5-9(2)3;/h9,14H,4-8H2,1-3H3,(H3,11,12,13);1H. The Hall–Kier alpha value is -0.0900. The molecule has 0 aliphatic carbocycles. The summed E-state index contributed by atoms with van der Waals surface area (Å²) in [5.41, 5.74) is 5.60. The van der Waals surface area contributed by atoms with Crippen molar-refractivity contribution < 1.29 is 8.42 Å². The molecule has 0 aliphatic heterocycles. The minimum atomic E-state index is -3.12. The first kappa shape index (κ1) is 20.2. The first-order chi connectivity index (χ1) is 7.87. The summed E-state index contributed by atoms with van der Waals surface area (Å²) in [5, 5.41) is 2.85. The van der Waals surface area contributed by atoms with Gasteiger partial charge >= 0.3 is 0 Å². The SMILES string of the molecule is CCS(=O)(=O)NCCNC(N)=NCCC(C)C.I. The highest BCUT2D eigenvalue weighted by Gasteiger charge is 2.04. The molecule has 0 atom stereocenters. The number of halogens is 1. The lowest BCUT2D eigenvalue weighted by Gasteiger charge is -2.07. The molecule has 0 saturated heterocycles. The number of sulfonamides is 1. The summed E-state index contributed by atoms with van der Waals surface area (Å²) in [7, 11) is -3.12. The van der Waals surface area contributed by atoms with E-state index in [9.17, 15) is 8.42 Å². The third kappa shape index (κ3) is 12.4. The molecular weight excluding hydrogens is 367 g/mol. The molecule has 0 aromatic heterocycles. The monoisotopic (exact) mass is 392 g/mol. The van der Waals surface area contributed by atoms with Crippen LogP contribution in [-0.2, 0) is 10.0 Å². The minimum Gasteiger partial charge on any atom is -0.370 e. The van der Waals surface area contributed by atoms with Crippen LogP contribution in [0, 0.1) is 5.92 Å². The Morgan fingerprint density at radius 2 is 1.94 bits per heavy atom. The number of nitrogens with zero attached hydrogens (tertiary/aromatic N) is 1. The van der Waals surface area contributed by atoms with Crippen LogP contribution in [0.15, 0.2) is 4.99 Å². The van der Waals surface area contributed by atoms with Crippen molar-refractivity contribution in [2.24, 2.45) is 16.6 Å². The highest BCUT2D eigenvalue weighted by atomic mass is 127. The van der Waals surface area contributed by atoms with E-state index < -0.39 is 10.0 Å². The molecular formula is C10H25IN4O2S. The Morgan fingerprint density at radius 1 is 1.33 bits per heavy atom. The van der Waals surface area contributed by atoms with Crippen molar-refractivity contribution in [3.63, 3.8) is 0 Å². The summed E-state index contributed by atoms with van der Waals surface area (Å²) in [4.78, 5) is 4.12. The second-order valence-corrected chi connectivity index (χ2v) is 6.27. The van der Waals surface area contributed by atoms with E-state index in [4.69, 9.17) is 5.73 Å². The molecule has 6 nitrogen and oxygen atoms in total. The Kier molecular flexibility index (Phi) is 12.1. The maximum absolute atomic E-state index is 11.1. The lowest BCUT2D eigenvalue weighted by Crippen LogP contribution is -2.38. The molecule has 8 heteroatoms. The van der Waals surface area contributed by atoms with Gasteiger partial charge in [0.2, 0.25) is 10.0 Å². The molecule has 110 valence electrons. The summed E-state index contributed by atoms with van der Waals surface area (Å²) >= 11 is 0. The van der Waals surface area contributed by atoms with E-state index in [1.54, 1.807) is 6.92 Å². The van der Waals surface area contributed by atoms with Gasteiger partial charge in [-0.15, -0.1) is 24.0 Å². The summed E-state index contributed by atoms with van der Waals surface area (Å²) in [5.74, 6) is 1.05. The van der Waals surface area contributed by atoms with Crippen molar-refractivity contribution in [3.8, 4) is 0 Å². The van der Waals surface area contributed by atoms with Crippen molar-refractivity contribution in [2.45, 2.75) is 27.2 Å². The van der Waals surface area contributed by atoms with Gasteiger partial charge in [0.05, 0.1) is 5.75 Å². The number of hydrogen-bond acceptors (Lipinski definition) is 3. The van der Waals surface area contributed by atoms with Crippen LogP contribution >= 0.6 is 24.0 Å². The molecule has 0 unspecified atom stereocenters. The van der Waals surface area contributed by atoms with E-state index in [1.807, 2.05) is 0 Å². The van der Waals surface area contributed by atoms with E-state index in [2.05, 4.69) is 28.9 Å². The predicted molar refractivity (Wildman–Crippen MR) is 86.8 cm³/mol. The molecule has 0 aliphatic rings. The van der Waals surface area contributed by atoms with Crippen LogP contribution in [0.1, 0.15) is 27.2 Å². The van der Waals surface area contributed by atoms with Crippen LogP contribution in [0.25, 0.3) is 0 Å². The normalized spacial score (nSPS) is 12.3. The average molecular weight is 392 g/mol. The zero-order valence-corrected chi connectivity index (χ0v) is 14.4. The van der Waals surface area contributed by atoms with Gasteiger partial charge in [0, 0.05) is 19.6 Å². The topological polar surface area (TPSA) is 96.6 Å². The second-order valence-electron chi connectivity index (χ2n) is 4.17. The molecule has 0 bridgehead atoms. The van der Waals surface area contributed by atoms with Gasteiger partial charge in [-0.2, -0.15) is 0 Å². The fourth-order valence-electron chi connectivity index (χ4n) is 0.998. The Balaban J connectivity index is 0. The van der Waals surface area contributed by atoms with Gasteiger partial charge in [0.25, 0.3) is 0 Å². The quantitative estimate of drug-likeness (QED) is 0.243. The average Bonchev–Trinajstić information content (AvgIpc) is 2.24. The van der Waals surface area contributed by atoms with Crippen LogP contribution in [0.5, 0.6) is 0 Å². The largest absolute Gasteiger partial charge is 0.370 e. The van der Waals surface area contributed by atoms with Crippen LogP contribution < -0.4 is 15.8 Å². The van der Waals surface area contributed by atoms with Crippen molar-refractivity contribution in [3.05, 3.63) is 0 Å². The van der Waals surface area contributed by atoms with E-state index in [0.717, 1.165) is 6.42 Å². The summed E-state index contributed by atoms with van der Waals surface area (Å²) in [6, 6.07) is 0. The van der Waals surface area contributed by atoms with E-state index >= 15 is 0 Å². The predicted octanol–water partition coefficient (Wildman–Crippen LogP) is 0.494. The van der Waals surface area contributed by atoms with Gasteiger partial charge in [0.15, 0.2) is 5.96 Å². The number of rotatable bonds is 8. The van der Waals surface area contributed by atoms with Crippen LogP contribution in [0.3, 0.4) is 0 Å². The molecule has 0 radical (unpaired) electrons. The Morgan fingerprint density at radius 3 is 2.44 bits per heavy atom.